The summed E-state index contributed by atoms with van der Waals surface area (Å²) in [4.78, 5) is 11.1. The standard InChI is InChI=1S/C13H20N2O4S/c1-9-4-5-10(2)15(7-9)20(18,19)11-6-12(13(16)17)14(3)8-11/h6,8-10H,4-5,7H2,1-3H3,(H,16,17). The predicted molar refractivity (Wildman–Crippen MR) is 74.1 cm³/mol. The fraction of sp³-hybridized carbons (Fsp3) is 0.615. The first kappa shape index (κ1) is 15.1. The molecule has 1 aromatic rings. The molecule has 0 spiro atoms. The van der Waals surface area contributed by atoms with Crippen LogP contribution in [0.25, 0.3) is 0 Å². The summed E-state index contributed by atoms with van der Waals surface area (Å²) in [6.45, 7) is 4.41. The van der Waals surface area contributed by atoms with E-state index in [1.807, 2.05) is 13.8 Å². The maximum absolute atomic E-state index is 12.7. The fourth-order valence-electron chi connectivity index (χ4n) is 2.61. The van der Waals surface area contributed by atoms with Gasteiger partial charge in [-0.2, -0.15) is 4.31 Å². The molecule has 0 radical (unpaired) electrons. The topological polar surface area (TPSA) is 79.6 Å². The van der Waals surface area contributed by atoms with E-state index in [0.717, 1.165) is 12.8 Å². The highest BCUT2D eigenvalue weighted by Crippen LogP contribution is 2.28. The van der Waals surface area contributed by atoms with E-state index in [2.05, 4.69) is 0 Å². The molecule has 1 aromatic heterocycles. The Labute approximate surface area is 119 Å². The van der Waals surface area contributed by atoms with Gasteiger partial charge in [0.1, 0.15) is 10.6 Å². The molecule has 1 saturated heterocycles. The lowest BCUT2D eigenvalue weighted by Gasteiger charge is -2.35. The largest absolute Gasteiger partial charge is 0.477 e. The number of hydrogen-bond donors (Lipinski definition) is 1. The van der Waals surface area contributed by atoms with E-state index in [0.29, 0.717) is 12.5 Å². The predicted octanol–water partition coefficient (Wildman–Crippen LogP) is 1.53. The van der Waals surface area contributed by atoms with Crippen molar-refractivity contribution in [2.75, 3.05) is 6.54 Å². The van der Waals surface area contributed by atoms with Crippen LogP contribution >= 0.6 is 0 Å². The van der Waals surface area contributed by atoms with Gasteiger partial charge in [0.25, 0.3) is 0 Å². The Bertz CT molecular complexity index is 620. The molecule has 20 heavy (non-hydrogen) atoms. The van der Waals surface area contributed by atoms with Gasteiger partial charge < -0.3 is 9.67 Å². The quantitative estimate of drug-likeness (QED) is 0.918. The first-order valence-corrected chi connectivity index (χ1v) is 8.09. The first-order chi connectivity index (χ1) is 9.23. The summed E-state index contributed by atoms with van der Waals surface area (Å²) in [5.41, 5.74) is -0.0266. The molecule has 0 aliphatic carbocycles. The summed E-state index contributed by atoms with van der Waals surface area (Å²) in [5, 5.41) is 9.02. The molecule has 2 rings (SSSR count). The number of aromatic carboxylic acids is 1. The average molecular weight is 300 g/mol. The van der Waals surface area contributed by atoms with E-state index in [4.69, 9.17) is 5.11 Å². The third-order valence-electron chi connectivity index (χ3n) is 3.87. The second-order valence-corrected chi connectivity index (χ2v) is 7.47. The summed E-state index contributed by atoms with van der Waals surface area (Å²) >= 11 is 0. The lowest BCUT2D eigenvalue weighted by molar-refractivity contribution is 0.0686. The van der Waals surface area contributed by atoms with Gasteiger partial charge in [-0.15, -0.1) is 0 Å². The Hall–Kier alpha value is -1.34. The minimum atomic E-state index is -3.63. The number of hydrogen-bond acceptors (Lipinski definition) is 3. The Kier molecular flexibility index (Phi) is 3.93. The van der Waals surface area contributed by atoms with E-state index in [1.54, 1.807) is 0 Å². The number of carboxylic acids is 1. The van der Waals surface area contributed by atoms with Gasteiger partial charge in [-0.3, -0.25) is 0 Å². The highest BCUT2D eigenvalue weighted by molar-refractivity contribution is 7.89. The van der Waals surface area contributed by atoms with Crippen molar-refractivity contribution in [1.29, 1.82) is 0 Å². The number of aromatic nitrogens is 1. The van der Waals surface area contributed by atoms with Crippen molar-refractivity contribution in [3.05, 3.63) is 18.0 Å². The van der Waals surface area contributed by atoms with Crippen LogP contribution in [0, 0.1) is 5.92 Å². The highest BCUT2D eigenvalue weighted by atomic mass is 32.2. The van der Waals surface area contributed by atoms with Crippen LogP contribution in [0.15, 0.2) is 17.2 Å². The summed E-state index contributed by atoms with van der Waals surface area (Å²) in [7, 11) is -2.10. The van der Waals surface area contributed by atoms with Crippen molar-refractivity contribution in [3.8, 4) is 0 Å². The molecule has 2 unspecified atom stereocenters. The van der Waals surface area contributed by atoms with Crippen molar-refractivity contribution in [3.63, 3.8) is 0 Å². The normalized spacial score (nSPS) is 24.8. The second-order valence-electron chi connectivity index (χ2n) is 5.58. The third kappa shape index (κ3) is 2.60. The molecule has 7 heteroatoms. The molecule has 2 atom stereocenters. The van der Waals surface area contributed by atoms with Gasteiger partial charge in [0.15, 0.2) is 0 Å². The van der Waals surface area contributed by atoms with E-state index in [-0.39, 0.29) is 16.6 Å². The lowest BCUT2D eigenvalue weighted by Crippen LogP contribution is -2.44. The summed E-state index contributed by atoms with van der Waals surface area (Å²) in [5.74, 6) is -0.808. The van der Waals surface area contributed by atoms with Gasteiger partial charge in [0.05, 0.1) is 0 Å². The molecular formula is C13H20N2O4S. The average Bonchev–Trinajstić information content (AvgIpc) is 2.75. The van der Waals surface area contributed by atoms with Crippen LogP contribution < -0.4 is 0 Å². The number of aryl methyl sites for hydroxylation is 1. The Morgan fingerprint density at radius 3 is 2.55 bits per heavy atom. The Morgan fingerprint density at radius 2 is 2.00 bits per heavy atom. The van der Waals surface area contributed by atoms with Crippen molar-refractivity contribution < 1.29 is 18.3 Å². The van der Waals surface area contributed by atoms with Crippen molar-refractivity contribution in [2.45, 2.75) is 37.6 Å². The molecule has 1 N–H and O–H groups in total. The van der Waals surface area contributed by atoms with E-state index >= 15 is 0 Å². The number of rotatable bonds is 3. The second kappa shape index (κ2) is 5.21. The molecule has 0 bridgehead atoms. The third-order valence-corrected chi connectivity index (χ3v) is 5.81. The number of carboxylic acid groups (broad SMARTS) is 1. The number of nitrogens with zero attached hydrogens (tertiary/aromatic N) is 2. The lowest BCUT2D eigenvalue weighted by atomic mass is 9.97. The summed E-state index contributed by atoms with van der Waals surface area (Å²) in [6.07, 6.45) is 3.21. The van der Waals surface area contributed by atoms with Crippen LogP contribution in [0.2, 0.25) is 0 Å². The van der Waals surface area contributed by atoms with E-state index in [9.17, 15) is 13.2 Å². The number of piperidine rings is 1. The van der Waals surface area contributed by atoms with Crippen LogP contribution in [0.3, 0.4) is 0 Å². The maximum Gasteiger partial charge on any atom is 0.352 e. The molecule has 1 aliphatic heterocycles. The zero-order valence-electron chi connectivity index (χ0n) is 11.9. The molecule has 112 valence electrons. The Balaban J connectivity index is 2.39. The maximum atomic E-state index is 12.7. The zero-order valence-corrected chi connectivity index (χ0v) is 12.7. The molecule has 6 nitrogen and oxygen atoms in total. The summed E-state index contributed by atoms with van der Waals surface area (Å²) < 4.78 is 28.1. The molecule has 0 amide bonds. The summed E-state index contributed by atoms with van der Waals surface area (Å²) in [6, 6.07) is 1.17. The Morgan fingerprint density at radius 1 is 1.35 bits per heavy atom. The molecule has 0 saturated carbocycles. The highest BCUT2D eigenvalue weighted by Gasteiger charge is 2.34. The van der Waals surface area contributed by atoms with Gasteiger partial charge in [-0.1, -0.05) is 6.92 Å². The SMILES string of the molecule is CC1CCC(C)N(S(=O)(=O)c2cc(C(=O)O)n(C)c2)C1. The van der Waals surface area contributed by atoms with Crippen LogP contribution in [0.4, 0.5) is 0 Å². The fourth-order valence-corrected chi connectivity index (χ4v) is 4.46. The van der Waals surface area contributed by atoms with Crippen LogP contribution in [-0.4, -0.2) is 41.0 Å². The zero-order chi connectivity index (χ0) is 15.1. The number of carbonyl (C=O) groups is 1. The minimum absolute atomic E-state index is 0.0266. The molecular weight excluding hydrogens is 280 g/mol. The van der Waals surface area contributed by atoms with Crippen LogP contribution in [-0.2, 0) is 17.1 Å². The van der Waals surface area contributed by atoms with Crippen molar-refractivity contribution >= 4 is 16.0 Å². The van der Waals surface area contributed by atoms with Crippen LogP contribution in [0.5, 0.6) is 0 Å². The molecule has 2 heterocycles. The monoisotopic (exact) mass is 300 g/mol. The van der Waals surface area contributed by atoms with Gasteiger partial charge in [0, 0.05) is 25.8 Å². The van der Waals surface area contributed by atoms with E-state index in [1.165, 1.54) is 28.2 Å². The van der Waals surface area contributed by atoms with Gasteiger partial charge in [-0.25, -0.2) is 13.2 Å². The molecule has 0 aromatic carbocycles. The molecule has 1 fully saturated rings. The number of sulfonamides is 1. The van der Waals surface area contributed by atoms with Gasteiger partial charge in [0.2, 0.25) is 10.0 Å². The van der Waals surface area contributed by atoms with Crippen molar-refractivity contribution in [2.24, 2.45) is 13.0 Å². The van der Waals surface area contributed by atoms with E-state index < -0.39 is 16.0 Å². The van der Waals surface area contributed by atoms with Crippen molar-refractivity contribution in [1.82, 2.24) is 8.87 Å². The smallest absolute Gasteiger partial charge is 0.352 e. The molecule has 1 aliphatic rings. The first-order valence-electron chi connectivity index (χ1n) is 6.65. The van der Waals surface area contributed by atoms with Gasteiger partial charge >= 0.3 is 5.97 Å². The van der Waals surface area contributed by atoms with Gasteiger partial charge in [-0.05, 0) is 31.7 Å². The minimum Gasteiger partial charge on any atom is -0.477 e. The van der Waals surface area contributed by atoms with Crippen LogP contribution in [0.1, 0.15) is 37.2 Å².